The summed E-state index contributed by atoms with van der Waals surface area (Å²) >= 11 is 0. The van der Waals surface area contributed by atoms with Gasteiger partial charge in [0.1, 0.15) is 11.7 Å². The van der Waals surface area contributed by atoms with Gasteiger partial charge in [-0.25, -0.2) is 0 Å². The second kappa shape index (κ2) is 6.97. The minimum atomic E-state index is -1.40. The van der Waals surface area contributed by atoms with Crippen LogP contribution in [0.3, 0.4) is 0 Å². The number of methoxy groups -OCH3 is 1. The number of rotatable bonds is 5. The van der Waals surface area contributed by atoms with E-state index in [1.807, 2.05) is 36.4 Å². The molecule has 4 heterocycles. The first-order chi connectivity index (χ1) is 16.5. The Bertz CT molecular complexity index is 1170. The van der Waals surface area contributed by atoms with Crippen molar-refractivity contribution in [3.8, 4) is 11.5 Å². The van der Waals surface area contributed by atoms with E-state index in [2.05, 4.69) is 16.7 Å². The Morgan fingerprint density at radius 3 is 2.88 bits per heavy atom. The third-order valence-electron chi connectivity index (χ3n) is 9.14. The number of fused-ring (bicyclic) bond motifs is 2. The van der Waals surface area contributed by atoms with Crippen LogP contribution in [0.4, 0.5) is 0 Å². The van der Waals surface area contributed by atoms with Crippen LogP contribution in [0.2, 0.25) is 0 Å². The first-order valence-corrected chi connectivity index (χ1v) is 12.4. The molecule has 7 heteroatoms. The number of piperidine rings is 1. The van der Waals surface area contributed by atoms with E-state index in [9.17, 15) is 9.90 Å². The lowest BCUT2D eigenvalue weighted by Gasteiger charge is -2.70. The first-order valence-electron chi connectivity index (χ1n) is 12.4. The van der Waals surface area contributed by atoms with Crippen molar-refractivity contribution < 1.29 is 24.1 Å². The number of aliphatic hydroxyl groups is 1. The van der Waals surface area contributed by atoms with Crippen molar-refractivity contribution in [1.82, 2.24) is 10.6 Å². The Morgan fingerprint density at radius 2 is 2.06 bits per heavy atom. The molecule has 0 radical (unpaired) electrons. The molecule has 6 atom stereocenters. The highest BCUT2D eigenvalue weighted by Gasteiger charge is 2.81. The summed E-state index contributed by atoms with van der Waals surface area (Å²) in [7, 11) is 1.65. The van der Waals surface area contributed by atoms with Crippen LogP contribution in [0.5, 0.6) is 11.5 Å². The van der Waals surface area contributed by atoms with Crippen LogP contribution in [0.25, 0.3) is 0 Å². The highest BCUT2D eigenvalue weighted by atomic mass is 16.6. The minimum Gasteiger partial charge on any atom is -0.493 e. The Labute approximate surface area is 198 Å². The standard InChI is InChI=1S/C27H30N2O5/c1-32-18-8-7-17-15-19-27-11-10-26(31,24-25(27,12-14-28-19)20(17)21(18)33-24)22(34-27)23(30)29-13-9-16-5-3-2-4-6-16/h2-8,19,22,24,28,31H,9-15H2,1H3,(H,29,30)/t19?,22-,24?,25?,26?,27?/m1/s1. The first kappa shape index (κ1) is 20.7. The van der Waals surface area contributed by atoms with Gasteiger partial charge in [-0.05, 0) is 55.8 Å². The van der Waals surface area contributed by atoms with Gasteiger partial charge in [-0.3, -0.25) is 4.79 Å². The SMILES string of the molecule is COc1ccc2c3c1OC1C4(O)CCC5(O[C@@H]4C(=O)NCCc4ccccc4)C(C2)NCCC315. The third kappa shape index (κ3) is 2.35. The van der Waals surface area contributed by atoms with Crippen LogP contribution in [0.15, 0.2) is 42.5 Å². The van der Waals surface area contributed by atoms with Gasteiger partial charge in [-0.2, -0.15) is 0 Å². The second-order valence-corrected chi connectivity index (χ2v) is 10.5. The molecule has 3 N–H and O–H groups in total. The molecular weight excluding hydrogens is 432 g/mol. The molecule has 0 aromatic heterocycles. The van der Waals surface area contributed by atoms with E-state index in [-0.39, 0.29) is 11.9 Å². The van der Waals surface area contributed by atoms with Crippen molar-refractivity contribution in [2.24, 2.45) is 0 Å². The Kier molecular flexibility index (Phi) is 4.25. The largest absolute Gasteiger partial charge is 0.493 e. The number of hydrogen-bond acceptors (Lipinski definition) is 6. The summed E-state index contributed by atoms with van der Waals surface area (Å²) in [5.41, 5.74) is 1.05. The zero-order valence-corrected chi connectivity index (χ0v) is 19.3. The van der Waals surface area contributed by atoms with Crippen molar-refractivity contribution in [1.29, 1.82) is 0 Å². The Morgan fingerprint density at radius 1 is 1.21 bits per heavy atom. The van der Waals surface area contributed by atoms with Gasteiger partial charge in [0.15, 0.2) is 17.6 Å². The van der Waals surface area contributed by atoms with Crippen molar-refractivity contribution in [2.75, 3.05) is 20.2 Å². The van der Waals surface area contributed by atoms with E-state index in [1.54, 1.807) is 7.11 Å². The average Bonchev–Trinajstić information content (AvgIpc) is 3.21. The van der Waals surface area contributed by atoms with E-state index in [0.29, 0.717) is 25.1 Å². The monoisotopic (exact) mass is 462 g/mol. The summed E-state index contributed by atoms with van der Waals surface area (Å²) in [5, 5.41) is 18.9. The number of carbonyl (C=O) groups excluding carboxylic acids is 1. The van der Waals surface area contributed by atoms with Crippen molar-refractivity contribution in [3.05, 3.63) is 59.2 Å². The van der Waals surface area contributed by atoms with E-state index >= 15 is 0 Å². The molecule has 1 saturated carbocycles. The summed E-state index contributed by atoms with van der Waals surface area (Å²) in [6, 6.07) is 14.2. The smallest absolute Gasteiger partial charge is 0.252 e. The number of carbonyl (C=O) groups is 1. The second-order valence-electron chi connectivity index (χ2n) is 10.5. The molecule has 8 rings (SSSR count). The molecule has 7 nitrogen and oxygen atoms in total. The highest BCUT2D eigenvalue weighted by Crippen LogP contribution is 2.70. The van der Waals surface area contributed by atoms with Crippen LogP contribution >= 0.6 is 0 Å². The number of hydrogen-bond donors (Lipinski definition) is 3. The third-order valence-corrected chi connectivity index (χ3v) is 9.14. The lowest BCUT2D eigenvalue weighted by molar-refractivity contribution is -0.333. The van der Waals surface area contributed by atoms with Gasteiger partial charge in [-0.1, -0.05) is 36.4 Å². The van der Waals surface area contributed by atoms with Crippen LogP contribution in [-0.4, -0.2) is 60.7 Å². The average molecular weight is 463 g/mol. The summed E-state index contributed by atoms with van der Waals surface area (Å²) in [6.45, 7) is 1.32. The molecule has 2 aromatic rings. The van der Waals surface area contributed by atoms with Crippen molar-refractivity contribution >= 4 is 5.91 Å². The van der Waals surface area contributed by atoms with Crippen molar-refractivity contribution in [2.45, 2.75) is 67.0 Å². The highest BCUT2D eigenvalue weighted by molar-refractivity contribution is 5.83. The Balaban J connectivity index is 1.26. The predicted octanol–water partition coefficient (Wildman–Crippen LogP) is 1.63. The molecule has 34 heavy (non-hydrogen) atoms. The molecule has 2 spiro atoms. The molecule has 3 saturated heterocycles. The summed E-state index contributed by atoms with van der Waals surface area (Å²) in [6.07, 6.45) is 1.99. The maximum atomic E-state index is 13.5. The van der Waals surface area contributed by atoms with Crippen LogP contribution in [0.1, 0.15) is 36.0 Å². The van der Waals surface area contributed by atoms with E-state index in [1.165, 1.54) is 5.56 Å². The molecule has 4 bridgehead atoms. The number of nitrogens with one attached hydrogen (secondary N) is 2. The van der Waals surface area contributed by atoms with Gasteiger partial charge in [0.05, 0.1) is 18.1 Å². The fourth-order valence-electron chi connectivity index (χ4n) is 7.79. The van der Waals surface area contributed by atoms with Gasteiger partial charge in [0.2, 0.25) is 0 Å². The van der Waals surface area contributed by atoms with Gasteiger partial charge in [-0.15, -0.1) is 0 Å². The van der Waals surface area contributed by atoms with Crippen LogP contribution in [-0.2, 0) is 27.8 Å². The van der Waals surface area contributed by atoms with E-state index < -0.39 is 28.8 Å². The van der Waals surface area contributed by atoms with E-state index in [0.717, 1.165) is 42.7 Å². The molecule has 5 unspecified atom stereocenters. The minimum absolute atomic E-state index is 0.0728. The van der Waals surface area contributed by atoms with Crippen molar-refractivity contribution in [3.63, 3.8) is 0 Å². The van der Waals surface area contributed by atoms with Gasteiger partial charge in [0.25, 0.3) is 5.91 Å². The number of amides is 1. The quantitative estimate of drug-likeness (QED) is 0.626. The zero-order valence-electron chi connectivity index (χ0n) is 19.3. The lowest BCUT2D eigenvalue weighted by Crippen LogP contribution is -2.87. The van der Waals surface area contributed by atoms with Crippen LogP contribution < -0.4 is 20.1 Å². The zero-order chi connectivity index (χ0) is 23.1. The Hall–Kier alpha value is -2.61. The predicted molar refractivity (Wildman–Crippen MR) is 124 cm³/mol. The van der Waals surface area contributed by atoms with Crippen LogP contribution in [0, 0.1) is 0 Å². The maximum absolute atomic E-state index is 13.5. The summed E-state index contributed by atoms with van der Waals surface area (Å²) in [4.78, 5) is 13.5. The normalized spacial score (nSPS) is 38.1. The van der Waals surface area contributed by atoms with E-state index in [4.69, 9.17) is 14.2 Å². The molecule has 178 valence electrons. The van der Waals surface area contributed by atoms with Gasteiger partial charge >= 0.3 is 0 Å². The van der Waals surface area contributed by atoms with Gasteiger partial charge in [0, 0.05) is 18.2 Å². The molecule has 2 aliphatic carbocycles. The fourth-order valence-corrected chi connectivity index (χ4v) is 7.79. The number of benzene rings is 2. The molecular formula is C27H30N2O5. The fraction of sp³-hybridized carbons (Fsp3) is 0.519. The topological polar surface area (TPSA) is 89.1 Å². The molecule has 6 aliphatic rings. The van der Waals surface area contributed by atoms with Gasteiger partial charge < -0.3 is 30.0 Å². The number of ether oxygens (including phenoxy) is 3. The maximum Gasteiger partial charge on any atom is 0.252 e. The lowest BCUT2D eigenvalue weighted by atomic mass is 9.44. The molecule has 4 aliphatic heterocycles. The molecule has 4 fully saturated rings. The summed E-state index contributed by atoms with van der Waals surface area (Å²) in [5.74, 6) is 1.15. The molecule has 1 amide bonds. The summed E-state index contributed by atoms with van der Waals surface area (Å²) < 4.78 is 19.1. The molecule has 2 aromatic carbocycles.